The van der Waals surface area contributed by atoms with Gasteiger partial charge >= 0.3 is 0 Å². The molecule has 0 saturated heterocycles. The molecule has 0 spiro atoms. The molecule has 0 fully saturated rings. The Morgan fingerprint density at radius 3 is 2.79 bits per heavy atom. The number of amides is 1. The highest BCUT2D eigenvalue weighted by atomic mass is 19.1. The van der Waals surface area contributed by atoms with E-state index in [0.29, 0.717) is 5.92 Å². The van der Waals surface area contributed by atoms with Crippen LogP contribution in [-0.2, 0) is 11.2 Å². The van der Waals surface area contributed by atoms with Gasteiger partial charge in [-0.15, -0.1) is 0 Å². The Bertz CT molecular complexity index is 392. The monoisotopic (exact) mass is 265 g/mol. The Morgan fingerprint density at radius 1 is 1.37 bits per heavy atom. The Kier molecular flexibility index (Phi) is 7.16. The molecule has 0 unspecified atom stereocenters. The number of unbranched alkanes of at least 4 members (excludes halogenated alkanes) is 1. The molecule has 0 aliphatic heterocycles. The van der Waals surface area contributed by atoms with Crippen LogP contribution in [0.25, 0.3) is 0 Å². The molecule has 0 radical (unpaired) electrons. The molecule has 3 heteroatoms. The zero-order valence-corrected chi connectivity index (χ0v) is 11.9. The lowest BCUT2D eigenvalue weighted by Crippen LogP contribution is -2.30. The van der Waals surface area contributed by atoms with E-state index in [1.165, 1.54) is 25.0 Å². The summed E-state index contributed by atoms with van der Waals surface area (Å²) in [4.78, 5) is 11.8. The van der Waals surface area contributed by atoms with Crippen LogP contribution < -0.4 is 5.32 Å². The molecule has 1 amide bonds. The first-order valence-corrected chi connectivity index (χ1v) is 7.16. The van der Waals surface area contributed by atoms with Crippen molar-refractivity contribution in [3.05, 3.63) is 35.6 Å². The smallest absolute Gasteiger partial charge is 0.224 e. The number of rotatable bonds is 8. The van der Waals surface area contributed by atoms with E-state index >= 15 is 0 Å². The molecule has 1 atom stereocenters. The first-order chi connectivity index (χ1) is 9.15. The minimum atomic E-state index is -0.292. The van der Waals surface area contributed by atoms with Crippen molar-refractivity contribution < 1.29 is 9.18 Å². The van der Waals surface area contributed by atoms with Crippen LogP contribution in [0.15, 0.2) is 24.3 Å². The Balaban J connectivity index is 2.34. The number of carbonyl (C=O) groups excluding carboxylic acids is 1. The molecule has 1 N–H and O–H groups in total. The van der Waals surface area contributed by atoms with Crippen LogP contribution in [0.4, 0.5) is 4.39 Å². The molecular weight excluding hydrogens is 241 g/mol. The number of benzene rings is 1. The van der Waals surface area contributed by atoms with Crippen LogP contribution >= 0.6 is 0 Å². The maximum atomic E-state index is 13.0. The first-order valence-electron chi connectivity index (χ1n) is 7.16. The van der Waals surface area contributed by atoms with Crippen molar-refractivity contribution in [2.45, 2.75) is 46.0 Å². The molecule has 0 saturated carbocycles. The van der Waals surface area contributed by atoms with E-state index in [1.807, 2.05) is 0 Å². The third-order valence-electron chi connectivity index (χ3n) is 3.38. The molecule has 0 aliphatic rings. The van der Waals surface area contributed by atoms with Crippen molar-refractivity contribution in [1.82, 2.24) is 5.32 Å². The van der Waals surface area contributed by atoms with Gasteiger partial charge in [0.1, 0.15) is 5.82 Å². The zero-order valence-electron chi connectivity index (χ0n) is 11.9. The normalized spacial score (nSPS) is 12.2. The lowest BCUT2D eigenvalue weighted by Gasteiger charge is -2.15. The number of hydrogen-bond acceptors (Lipinski definition) is 1. The number of halogens is 1. The molecule has 1 rings (SSSR count). The predicted octanol–water partition coefficient (Wildman–Crippen LogP) is 3.70. The molecule has 0 aromatic heterocycles. The molecule has 0 heterocycles. The quantitative estimate of drug-likeness (QED) is 0.763. The Morgan fingerprint density at radius 2 is 2.16 bits per heavy atom. The second-order valence-electron chi connectivity index (χ2n) is 5.03. The zero-order chi connectivity index (χ0) is 14.1. The van der Waals surface area contributed by atoms with Gasteiger partial charge in [-0.2, -0.15) is 0 Å². The summed E-state index contributed by atoms with van der Waals surface area (Å²) in [6.07, 6.45) is 4.89. The van der Waals surface area contributed by atoms with Gasteiger partial charge in [0, 0.05) is 6.54 Å². The third-order valence-corrected chi connectivity index (χ3v) is 3.38. The average molecular weight is 265 g/mol. The van der Waals surface area contributed by atoms with Crippen molar-refractivity contribution in [2.75, 3.05) is 6.54 Å². The maximum absolute atomic E-state index is 13.0. The molecule has 19 heavy (non-hydrogen) atoms. The van der Waals surface area contributed by atoms with Crippen molar-refractivity contribution in [3.63, 3.8) is 0 Å². The van der Waals surface area contributed by atoms with E-state index in [2.05, 4.69) is 19.2 Å². The van der Waals surface area contributed by atoms with Crippen LogP contribution in [0, 0.1) is 11.7 Å². The Labute approximate surface area is 115 Å². The minimum Gasteiger partial charge on any atom is -0.356 e. The third kappa shape index (κ3) is 6.37. The summed E-state index contributed by atoms with van der Waals surface area (Å²) < 4.78 is 13.0. The van der Waals surface area contributed by atoms with E-state index in [4.69, 9.17) is 0 Å². The molecular formula is C16H24FNO. The fraction of sp³-hybridized carbons (Fsp3) is 0.562. The Hall–Kier alpha value is -1.38. The number of carbonyl (C=O) groups is 1. The van der Waals surface area contributed by atoms with Crippen LogP contribution in [0.1, 0.15) is 45.1 Å². The number of hydrogen-bond donors (Lipinski definition) is 1. The average Bonchev–Trinajstić information content (AvgIpc) is 2.39. The van der Waals surface area contributed by atoms with E-state index in [0.717, 1.165) is 24.9 Å². The lowest BCUT2D eigenvalue weighted by atomic mass is 9.99. The van der Waals surface area contributed by atoms with Crippen molar-refractivity contribution in [1.29, 1.82) is 0 Å². The van der Waals surface area contributed by atoms with E-state index in [9.17, 15) is 9.18 Å². The fourth-order valence-electron chi connectivity index (χ4n) is 2.10. The minimum absolute atomic E-state index is 0.0273. The summed E-state index contributed by atoms with van der Waals surface area (Å²) in [5.41, 5.74) is 0.721. The van der Waals surface area contributed by atoms with Crippen molar-refractivity contribution in [2.24, 2.45) is 5.92 Å². The summed E-state index contributed by atoms with van der Waals surface area (Å²) in [5, 5.41) is 2.95. The van der Waals surface area contributed by atoms with Gasteiger partial charge < -0.3 is 5.32 Å². The van der Waals surface area contributed by atoms with Crippen LogP contribution in [0.2, 0.25) is 0 Å². The highest BCUT2D eigenvalue weighted by Crippen LogP contribution is 2.11. The molecule has 1 aromatic rings. The second-order valence-corrected chi connectivity index (χ2v) is 5.03. The van der Waals surface area contributed by atoms with E-state index < -0.39 is 0 Å². The van der Waals surface area contributed by atoms with Crippen molar-refractivity contribution >= 4 is 5.91 Å². The predicted molar refractivity (Wildman–Crippen MR) is 76.4 cm³/mol. The summed E-state index contributed by atoms with van der Waals surface area (Å²) in [6, 6.07) is 6.21. The summed E-state index contributed by atoms with van der Waals surface area (Å²) in [5.74, 6) is 0.233. The summed E-state index contributed by atoms with van der Waals surface area (Å²) in [6.45, 7) is 5.05. The highest BCUT2D eigenvalue weighted by Gasteiger charge is 2.09. The van der Waals surface area contributed by atoms with Gasteiger partial charge in [0.05, 0.1) is 6.42 Å². The molecule has 1 aromatic carbocycles. The molecule has 2 nitrogen and oxygen atoms in total. The molecule has 0 aliphatic carbocycles. The maximum Gasteiger partial charge on any atom is 0.224 e. The lowest BCUT2D eigenvalue weighted by molar-refractivity contribution is -0.120. The molecule has 0 bridgehead atoms. The van der Waals surface area contributed by atoms with Crippen LogP contribution in [0.3, 0.4) is 0 Å². The van der Waals surface area contributed by atoms with E-state index in [-0.39, 0.29) is 18.1 Å². The van der Waals surface area contributed by atoms with Gasteiger partial charge in [-0.1, -0.05) is 45.2 Å². The van der Waals surface area contributed by atoms with Gasteiger partial charge in [0.25, 0.3) is 0 Å². The summed E-state index contributed by atoms with van der Waals surface area (Å²) >= 11 is 0. The number of nitrogens with one attached hydrogen (secondary N) is 1. The van der Waals surface area contributed by atoms with Crippen LogP contribution in [-0.4, -0.2) is 12.5 Å². The van der Waals surface area contributed by atoms with E-state index in [1.54, 1.807) is 12.1 Å². The van der Waals surface area contributed by atoms with Gasteiger partial charge in [-0.05, 0) is 30.0 Å². The summed E-state index contributed by atoms with van der Waals surface area (Å²) in [7, 11) is 0. The standard InChI is InChI=1S/C16H24FNO/c1-3-5-7-13(4-2)12-18-16(19)11-14-8-6-9-15(17)10-14/h6,8-10,13H,3-5,7,11-12H2,1-2H3,(H,18,19)/t13-/m0/s1. The SMILES string of the molecule is CCCC[C@H](CC)CNC(=O)Cc1cccc(F)c1. The van der Waals surface area contributed by atoms with Gasteiger partial charge in [0.2, 0.25) is 5.91 Å². The van der Waals surface area contributed by atoms with Gasteiger partial charge in [0.15, 0.2) is 0 Å². The highest BCUT2D eigenvalue weighted by molar-refractivity contribution is 5.78. The topological polar surface area (TPSA) is 29.1 Å². The van der Waals surface area contributed by atoms with Crippen LogP contribution in [0.5, 0.6) is 0 Å². The second kappa shape index (κ2) is 8.68. The van der Waals surface area contributed by atoms with Gasteiger partial charge in [-0.3, -0.25) is 4.79 Å². The fourth-order valence-corrected chi connectivity index (χ4v) is 2.10. The molecule has 106 valence electrons. The largest absolute Gasteiger partial charge is 0.356 e. The van der Waals surface area contributed by atoms with Gasteiger partial charge in [-0.25, -0.2) is 4.39 Å². The first kappa shape index (κ1) is 15.7. The van der Waals surface area contributed by atoms with Crippen molar-refractivity contribution in [3.8, 4) is 0 Å².